The quantitative estimate of drug-likeness (QED) is 0.474. The minimum absolute atomic E-state index is 0.210. The molecule has 0 aromatic rings. The zero-order valence-electron chi connectivity index (χ0n) is 8.75. The van der Waals surface area contributed by atoms with Crippen LogP contribution in [0, 0.1) is 11.8 Å². The zero-order valence-corrected chi connectivity index (χ0v) is 10.9. The van der Waals surface area contributed by atoms with E-state index in [1.54, 1.807) is 0 Å². The average molecular weight is 300 g/mol. The predicted octanol–water partition coefficient (Wildman–Crippen LogP) is 1.46. The molecule has 0 saturated carbocycles. The van der Waals surface area contributed by atoms with E-state index >= 15 is 0 Å². The number of nitrogens with zero attached hydrogens (tertiary/aromatic N) is 1. The first-order chi connectivity index (χ1) is 5.78. The molecule has 13 heavy (non-hydrogen) atoms. The second-order valence-corrected chi connectivity index (χ2v) is 5.43. The first-order valence-corrected chi connectivity index (χ1v) is 5.89. The highest BCUT2D eigenvalue weighted by Crippen LogP contribution is 2.17. The van der Waals surface area contributed by atoms with Crippen LogP contribution in [0.4, 0.5) is 0 Å². The van der Waals surface area contributed by atoms with Crippen LogP contribution < -0.4 is 0 Å². The van der Waals surface area contributed by atoms with E-state index in [9.17, 15) is 4.79 Å². The summed E-state index contributed by atoms with van der Waals surface area (Å²) in [6.45, 7) is 2.92. The van der Waals surface area contributed by atoms with Crippen molar-refractivity contribution >= 4 is 28.6 Å². The van der Waals surface area contributed by atoms with Crippen LogP contribution in [0.15, 0.2) is 0 Å². The lowest BCUT2D eigenvalue weighted by Gasteiger charge is -2.29. The smallest absolute Gasteiger partial charge is 0.307 e. The molecule has 4 heteroatoms. The van der Waals surface area contributed by atoms with Crippen molar-refractivity contribution in [2.45, 2.75) is 6.92 Å². The van der Waals surface area contributed by atoms with Gasteiger partial charge < -0.3 is 9.59 Å². The van der Waals surface area contributed by atoms with E-state index in [0.717, 1.165) is 11.0 Å². The topological polar surface area (TPSA) is 37.3 Å². The van der Waals surface area contributed by atoms with Gasteiger partial charge >= 0.3 is 5.97 Å². The molecule has 0 bridgehead atoms. The Morgan fingerprint density at radius 2 is 1.92 bits per heavy atom. The number of halogens is 1. The average Bonchev–Trinajstić information content (AvgIpc) is 1.82. The summed E-state index contributed by atoms with van der Waals surface area (Å²) in [6, 6.07) is 0. The van der Waals surface area contributed by atoms with Crippen LogP contribution in [0.3, 0.4) is 0 Å². The van der Waals surface area contributed by atoms with Crippen LogP contribution in [0.2, 0.25) is 0 Å². The van der Waals surface area contributed by atoms with Crippen molar-refractivity contribution in [3.05, 3.63) is 0 Å². The van der Waals surface area contributed by atoms with Crippen LogP contribution in [-0.4, -0.2) is 47.7 Å². The second kappa shape index (κ2) is 5.14. The lowest BCUT2D eigenvalue weighted by molar-refractivity contribution is -0.874. The molecule has 2 unspecified atom stereocenters. The van der Waals surface area contributed by atoms with E-state index in [2.05, 4.69) is 43.7 Å². The van der Waals surface area contributed by atoms with Gasteiger partial charge in [0.1, 0.15) is 0 Å². The Kier molecular flexibility index (Phi) is 5.21. The van der Waals surface area contributed by atoms with E-state index < -0.39 is 5.97 Å². The SMILES string of the molecule is CC(C[N+](C)(C)C)C(CI)C(=O)O. The fourth-order valence-electron chi connectivity index (χ4n) is 1.45. The molecule has 0 aromatic carbocycles. The van der Waals surface area contributed by atoms with Crippen molar-refractivity contribution in [1.29, 1.82) is 0 Å². The molecule has 3 nitrogen and oxygen atoms in total. The van der Waals surface area contributed by atoms with Gasteiger partial charge in [0.05, 0.1) is 33.6 Å². The summed E-state index contributed by atoms with van der Waals surface area (Å²) in [7, 11) is 6.26. The van der Waals surface area contributed by atoms with Gasteiger partial charge in [0.2, 0.25) is 0 Å². The Morgan fingerprint density at radius 1 is 1.46 bits per heavy atom. The van der Waals surface area contributed by atoms with Gasteiger partial charge in [-0.1, -0.05) is 29.5 Å². The van der Waals surface area contributed by atoms with Crippen molar-refractivity contribution < 1.29 is 14.4 Å². The molecular weight excluding hydrogens is 281 g/mol. The third-order valence-electron chi connectivity index (χ3n) is 2.01. The second-order valence-electron chi connectivity index (χ2n) is 4.55. The van der Waals surface area contributed by atoms with Crippen molar-refractivity contribution in [2.24, 2.45) is 11.8 Å². The molecule has 2 atom stereocenters. The van der Waals surface area contributed by atoms with Gasteiger partial charge in [-0.2, -0.15) is 0 Å². The first kappa shape index (κ1) is 13.2. The maximum atomic E-state index is 10.8. The maximum absolute atomic E-state index is 10.8. The molecule has 0 fully saturated rings. The van der Waals surface area contributed by atoms with Crippen molar-refractivity contribution in [1.82, 2.24) is 0 Å². The third kappa shape index (κ3) is 5.46. The predicted molar refractivity (Wildman–Crippen MR) is 62.1 cm³/mol. The first-order valence-electron chi connectivity index (χ1n) is 4.37. The summed E-state index contributed by atoms with van der Waals surface area (Å²) in [6.07, 6.45) is 0. The van der Waals surface area contributed by atoms with Gasteiger partial charge in [0.15, 0.2) is 0 Å². The molecule has 0 aromatic heterocycles. The summed E-state index contributed by atoms with van der Waals surface area (Å²) < 4.78 is 1.51. The van der Waals surface area contributed by atoms with Crippen LogP contribution in [0.5, 0.6) is 0 Å². The van der Waals surface area contributed by atoms with Crippen LogP contribution >= 0.6 is 22.6 Å². The van der Waals surface area contributed by atoms with Crippen LogP contribution in [-0.2, 0) is 4.79 Å². The number of rotatable bonds is 5. The van der Waals surface area contributed by atoms with Gasteiger partial charge in [0.25, 0.3) is 0 Å². The molecule has 0 radical (unpaired) electrons. The number of alkyl halides is 1. The van der Waals surface area contributed by atoms with Gasteiger partial charge in [-0.25, -0.2) is 0 Å². The van der Waals surface area contributed by atoms with E-state index in [0.29, 0.717) is 4.43 Å². The number of quaternary nitrogens is 1. The minimum atomic E-state index is -0.671. The number of hydrogen-bond donors (Lipinski definition) is 1. The van der Waals surface area contributed by atoms with Gasteiger partial charge in [-0.3, -0.25) is 4.79 Å². The lowest BCUT2D eigenvalue weighted by Crippen LogP contribution is -2.42. The fraction of sp³-hybridized carbons (Fsp3) is 0.889. The standard InChI is InChI=1S/C9H18INO2/c1-7(6-11(2,3)4)8(5-10)9(12)13/h7-8H,5-6H2,1-4H3/p+1. The summed E-state index contributed by atoms with van der Waals surface area (Å²) in [5.41, 5.74) is 0. The lowest BCUT2D eigenvalue weighted by atomic mass is 9.95. The monoisotopic (exact) mass is 300 g/mol. The van der Waals surface area contributed by atoms with Crippen LogP contribution in [0.1, 0.15) is 6.92 Å². The highest BCUT2D eigenvalue weighted by atomic mass is 127. The summed E-state index contributed by atoms with van der Waals surface area (Å²) in [5, 5.41) is 8.93. The molecule has 0 spiro atoms. The number of aliphatic carboxylic acids is 1. The number of carboxylic acids is 1. The van der Waals surface area contributed by atoms with Gasteiger partial charge in [-0.05, 0) is 0 Å². The van der Waals surface area contributed by atoms with Crippen molar-refractivity contribution in [3.8, 4) is 0 Å². The molecule has 0 heterocycles. The van der Waals surface area contributed by atoms with Crippen LogP contribution in [0.25, 0.3) is 0 Å². The Balaban J connectivity index is 4.22. The largest absolute Gasteiger partial charge is 0.481 e. The van der Waals surface area contributed by atoms with E-state index in [-0.39, 0.29) is 11.8 Å². The summed E-state index contributed by atoms with van der Waals surface area (Å²) in [5.74, 6) is -0.650. The Labute approximate surface area is 93.8 Å². The molecule has 0 saturated heterocycles. The molecule has 0 aliphatic rings. The molecule has 1 N–H and O–H groups in total. The van der Waals surface area contributed by atoms with E-state index in [4.69, 9.17) is 5.11 Å². The zero-order chi connectivity index (χ0) is 10.6. The Bertz CT molecular complexity index is 177. The van der Waals surface area contributed by atoms with E-state index in [1.807, 2.05) is 6.92 Å². The third-order valence-corrected chi connectivity index (χ3v) is 2.95. The molecule has 0 amide bonds. The minimum Gasteiger partial charge on any atom is -0.481 e. The molecule has 0 rings (SSSR count). The summed E-state index contributed by atoms with van der Waals surface area (Å²) in [4.78, 5) is 10.8. The summed E-state index contributed by atoms with van der Waals surface area (Å²) >= 11 is 2.14. The number of carbonyl (C=O) groups is 1. The number of carboxylic acid groups (broad SMARTS) is 1. The Morgan fingerprint density at radius 3 is 2.15 bits per heavy atom. The highest BCUT2D eigenvalue weighted by molar-refractivity contribution is 14.1. The molecule has 78 valence electrons. The maximum Gasteiger partial charge on any atom is 0.307 e. The van der Waals surface area contributed by atoms with Gasteiger partial charge in [-0.15, -0.1) is 0 Å². The van der Waals surface area contributed by atoms with E-state index in [1.165, 1.54) is 0 Å². The molecule has 0 aliphatic heterocycles. The number of hydrogen-bond acceptors (Lipinski definition) is 1. The Hall–Kier alpha value is 0.160. The fourth-order valence-corrected chi connectivity index (χ4v) is 2.70. The normalized spacial score (nSPS) is 16.7. The van der Waals surface area contributed by atoms with Gasteiger partial charge in [0, 0.05) is 10.3 Å². The molecule has 0 aliphatic carbocycles. The van der Waals surface area contributed by atoms with Crippen molar-refractivity contribution in [2.75, 3.05) is 32.1 Å². The molecular formula is C9H19INO2+. The van der Waals surface area contributed by atoms with Crippen molar-refractivity contribution in [3.63, 3.8) is 0 Å². The highest BCUT2D eigenvalue weighted by Gasteiger charge is 2.27.